The van der Waals surface area contributed by atoms with Crippen molar-refractivity contribution >= 4 is 12.0 Å². The molecule has 0 amide bonds. The molecule has 0 saturated carbocycles. The van der Waals surface area contributed by atoms with Crippen LogP contribution in [0.4, 0.5) is 8.78 Å². The standard InChI is InChI=1S/C16H21F2NO2.C8H19N/c1-2-19-10-4-3-5-11-21-16(20)14-8-6-13(7-9-14)12-15(17)18;1-3-5-7-9-8-6-4-2/h6-9,12,19H,2-5,10-11H2,1H3;9H,3-8H2,1-2H3. The number of hydrogen-bond donors (Lipinski definition) is 2. The van der Waals surface area contributed by atoms with Gasteiger partial charge in [0, 0.05) is 6.08 Å². The average molecular weight is 427 g/mol. The van der Waals surface area contributed by atoms with Crippen LogP contribution >= 0.6 is 0 Å². The van der Waals surface area contributed by atoms with Gasteiger partial charge in [0.05, 0.1) is 12.2 Å². The van der Waals surface area contributed by atoms with Gasteiger partial charge >= 0.3 is 5.97 Å². The van der Waals surface area contributed by atoms with Crippen LogP contribution < -0.4 is 10.6 Å². The Morgan fingerprint density at radius 2 is 1.47 bits per heavy atom. The number of nitrogens with one attached hydrogen (secondary N) is 2. The lowest BCUT2D eigenvalue weighted by molar-refractivity contribution is 0.0498. The Labute approximate surface area is 181 Å². The molecule has 6 heteroatoms. The third-order valence-electron chi connectivity index (χ3n) is 4.32. The summed E-state index contributed by atoms with van der Waals surface area (Å²) in [5.74, 6) is -0.419. The topological polar surface area (TPSA) is 50.4 Å². The summed E-state index contributed by atoms with van der Waals surface area (Å²) < 4.78 is 29.3. The predicted octanol–water partition coefficient (Wildman–Crippen LogP) is 6.04. The van der Waals surface area contributed by atoms with Gasteiger partial charge < -0.3 is 15.4 Å². The Kier molecular flexibility index (Phi) is 19.3. The van der Waals surface area contributed by atoms with Crippen LogP contribution in [0.15, 0.2) is 30.3 Å². The van der Waals surface area contributed by atoms with Crippen LogP contribution in [-0.4, -0.2) is 38.8 Å². The van der Waals surface area contributed by atoms with Gasteiger partial charge in [-0.2, -0.15) is 8.78 Å². The van der Waals surface area contributed by atoms with Gasteiger partial charge in [-0.05, 0) is 76.0 Å². The van der Waals surface area contributed by atoms with E-state index in [0.29, 0.717) is 17.7 Å². The van der Waals surface area contributed by atoms with Crippen molar-refractivity contribution < 1.29 is 18.3 Å². The molecule has 2 N–H and O–H groups in total. The molecule has 0 aliphatic rings. The highest BCUT2D eigenvalue weighted by Crippen LogP contribution is 2.11. The van der Waals surface area contributed by atoms with Crippen LogP contribution in [0.25, 0.3) is 6.08 Å². The molecule has 172 valence electrons. The first kappa shape index (κ1) is 28.2. The average Bonchev–Trinajstić information content (AvgIpc) is 2.73. The second-order valence-corrected chi connectivity index (χ2v) is 7.06. The third kappa shape index (κ3) is 17.1. The summed E-state index contributed by atoms with van der Waals surface area (Å²) in [6.07, 6.45) is 7.12. The van der Waals surface area contributed by atoms with E-state index < -0.39 is 12.0 Å². The number of halogens is 2. The fraction of sp³-hybridized carbons (Fsp3) is 0.625. The van der Waals surface area contributed by atoms with Crippen molar-refractivity contribution in [3.05, 3.63) is 41.5 Å². The summed E-state index contributed by atoms with van der Waals surface area (Å²) in [6, 6.07) is 5.91. The summed E-state index contributed by atoms with van der Waals surface area (Å²) >= 11 is 0. The Hall–Kier alpha value is -1.79. The second kappa shape index (κ2) is 20.5. The molecule has 0 atom stereocenters. The van der Waals surface area contributed by atoms with Crippen molar-refractivity contribution in [3.63, 3.8) is 0 Å². The molecule has 4 nitrogen and oxygen atoms in total. The van der Waals surface area contributed by atoms with Gasteiger partial charge in [0.15, 0.2) is 0 Å². The molecule has 1 aromatic rings. The lowest BCUT2D eigenvalue weighted by Crippen LogP contribution is -2.15. The molecule has 0 spiro atoms. The maximum absolute atomic E-state index is 12.1. The van der Waals surface area contributed by atoms with E-state index in [1.165, 1.54) is 63.0 Å². The minimum Gasteiger partial charge on any atom is -0.462 e. The molecule has 30 heavy (non-hydrogen) atoms. The quantitative estimate of drug-likeness (QED) is 0.265. The first-order chi connectivity index (χ1) is 14.5. The maximum atomic E-state index is 12.1. The highest BCUT2D eigenvalue weighted by molar-refractivity contribution is 5.89. The van der Waals surface area contributed by atoms with Crippen LogP contribution in [-0.2, 0) is 4.74 Å². The number of unbranched alkanes of at least 4 members (excludes halogenated alkanes) is 4. The Balaban J connectivity index is 0.000000787. The van der Waals surface area contributed by atoms with Crippen molar-refractivity contribution in [2.75, 3.05) is 32.8 Å². The van der Waals surface area contributed by atoms with Crippen molar-refractivity contribution in [2.24, 2.45) is 0 Å². The van der Waals surface area contributed by atoms with E-state index in [4.69, 9.17) is 4.74 Å². The number of carbonyl (C=O) groups excluding carboxylic acids is 1. The third-order valence-corrected chi connectivity index (χ3v) is 4.32. The van der Waals surface area contributed by atoms with E-state index in [1.54, 1.807) is 0 Å². The van der Waals surface area contributed by atoms with E-state index in [1.807, 2.05) is 0 Å². The zero-order valence-electron chi connectivity index (χ0n) is 18.9. The van der Waals surface area contributed by atoms with Gasteiger partial charge in [-0.25, -0.2) is 4.79 Å². The fourth-order valence-corrected chi connectivity index (χ4v) is 2.52. The number of esters is 1. The van der Waals surface area contributed by atoms with E-state index in [0.717, 1.165) is 38.4 Å². The minimum atomic E-state index is -1.76. The molecule has 1 aromatic carbocycles. The predicted molar refractivity (Wildman–Crippen MR) is 122 cm³/mol. The number of carbonyl (C=O) groups is 1. The molecule has 0 aliphatic heterocycles. The van der Waals surface area contributed by atoms with Crippen LogP contribution in [0.1, 0.15) is 81.6 Å². The van der Waals surface area contributed by atoms with Crippen LogP contribution in [0.2, 0.25) is 0 Å². The number of ether oxygens (including phenoxy) is 1. The molecule has 0 saturated heterocycles. The van der Waals surface area contributed by atoms with E-state index in [-0.39, 0.29) is 0 Å². The lowest BCUT2D eigenvalue weighted by atomic mass is 10.1. The number of hydrogen-bond acceptors (Lipinski definition) is 4. The van der Waals surface area contributed by atoms with Crippen molar-refractivity contribution in [1.29, 1.82) is 0 Å². The number of benzene rings is 1. The lowest BCUT2D eigenvalue weighted by Gasteiger charge is -2.05. The normalized spacial score (nSPS) is 10.2. The molecular formula is C24H40F2N2O2. The first-order valence-electron chi connectivity index (χ1n) is 11.3. The van der Waals surface area contributed by atoms with Crippen LogP contribution in [0, 0.1) is 0 Å². The smallest absolute Gasteiger partial charge is 0.338 e. The molecule has 0 bridgehead atoms. The van der Waals surface area contributed by atoms with Crippen LogP contribution in [0.5, 0.6) is 0 Å². The highest BCUT2D eigenvalue weighted by Gasteiger charge is 2.06. The Morgan fingerprint density at radius 1 is 0.867 bits per heavy atom. The van der Waals surface area contributed by atoms with Gasteiger partial charge in [-0.15, -0.1) is 0 Å². The van der Waals surface area contributed by atoms with Gasteiger partial charge in [0.25, 0.3) is 6.08 Å². The van der Waals surface area contributed by atoms with E-state index >= 15 is 0 Å². The van der Waals surface area contributed by atoms with Crippen molar-refractivity contribution in [1.82, 2.24) is 10.6 Å². The monoisotopic (exact) mass is 426 g/mol. The molecule has 0 fully saturated rings. The Bertz CT molecular complexity index is 553. The van der Waals surface area contributed by atoms with Gasteiger partial charge in [-0.1, -0.05) is 45.7 Å². The molecule has 0 aliphatic carbocycles. The van der Waals surface area contributed by atoms with Crippen molar-refractivity contribution in [2.45, 2.75) is 65.7 Å². The zero-order chi connectivity index (χ0) is 22.5. The second-order valence-electron chi connectivity index (χ2n) is 7.06. The minimum absolute atomic E-state index is 0.356. The van der Waals surface area contributed by atoms with Crippen molar-refractivity contribution in [3.8, 4) is 0 Å². The summed E-state index contributed by atoms with van der Waals surface area (Å²) in [6.45, 7) is 11.2. The molecule has 1 rings (SSSR count). The molecular weight excluding hydrogens is 386 g/mol. The van der Waals surface area contributed by atoms with E-state index in [2.05, 4.69) is 31.4 Å². The Morgan fingerprint density at radius 3 is 2.00 bits per heavy atom. The highest BCUT2D eigenvalue weighted by atomic mass is 19.3. The zero-order valence-corrected chi connectivity index (χ0v) is 18.9. The van der Waals surface area contributed by atoms with Gasteiger partial charge in [0.1, 0.15) is 0 Å². The maximum Gasteiger partial charge on any atom is 0.338 e. The van der Waals surface area contributed by atoms with E-state index in [9.17, 15) is 13.6 Å². The number of rotatable bonds is 15. The first-order valence-corrected chi connectivity index (χ1v) is 11.3. The summed E-state index contributed by atoms with van der Waals surface area (Å²) in [5.41, 5.74) is 0.731. The van der Waals surface area contributed by atoms with Gasteiger partial charge in [-0.3, -0.25) is 0 Å². The van der Waals surface area contributed by atoms with Crippen LogP contribution in [0.3, 0.4) is 0 Å². The molecule has 0 aromatic heterocycles. The largest absolute Gasteiger partial charge is 0.462 e. The molecule has 0 heterocycles. The molecule has 0 unspecified atom stereocenters. The summed E-state index contributed by atoms with van der Waals surface area (Å²) in [4.78, 5) is 11.7. The fourth-order valence-electron chi connectivity index (χ4n) is 2.52. The summed E-state index contributed by atoms with van der Waals surface area (Å²) in [5, 5.41) is 6.61. The molecule has 0 radical (unpaired) electrons. The SMILES string of the molecule is CCCCNCCCC.CCNCCCCCOC(=O)c1ccc(C=C(F)F)cc1. The summed E-state index contributed by atoms with van der Waals surface area (Å²) in [7, 11) is 0. The van der Waals surface area contributed by atoms with Gasteiger partial charge in [0.2, 0.25) is 0 Å².